The Balaban J connectivity index is 1.81. The zero-order chi connectivity index (χ0) is 12.8. The van der Waals surface area contributed by atoms with Gasteiger partial charge in [-0.1, -0.05) is 18.2 Å². The van der Waals surface area contributed by atoms with Gasteiger partial charge in [0.1, 0.15) is 5.78 Å². The molecule has 18 heavy (non-hydrogen) atoms. The lowest BCUT2D eigenvalue weighted by atomic mass is 9.66. The van der Waals surface area contributed by atoms with Crippen LogP contribution in [0.25, 0.3) is 0 Å². The number of carbonyl (C=O) groups is 1. The molecular weight excluding hydrogens is 248 g/mol. The minimum absolute atomic E-state index is 0.280. The highest BCUT2D eigenvalue weighted by atomic mass is 32.2. The molecular formula is C14H16O3S. The van der Waals surface area contributed by atoms with Crippen molar-refractivity contribution in [3.63, 3.8) is 0 Å². The van der Waals surface area contributed by atoms with Crippen molar-refractivity contribution in [1.29, 1.82) is 0 Å². The minimum Gasteiger partial charge on any atom is -0.299 e. The molecule has 3 nitrogen and oxygen atoms in total. The number of benzene rings is 1. The summed E-state index contributed by atoms with van der Waals surface area (Å²) in [6.07, 6.45) is 3.51. The predicted molar refractivity (Wildman–Crippen MR) is 67.9 cm³/mol. The summed E-state index contributed by atoms with van der Waals surface area (Å²) in [5, 5.41) is -0.359. The van der Waals surface area contributed by atoms with Crippen molar-refractivity contribution in [1.82, 2.24) is 0 Å². The minimum atomic E-state index is -3.24. The fourth-order valence-electron chi connectivity index (χ4n) is 3.26. The Kier molecular flexibility index (Phi) is 2.59. The molecule has 0 saturated heterocycles. The molecule has 0 amide bonds. The van der Waals surface area contributed by atoms with Gasteiger partial charge in [0, 0.05) is 11.8 Å². The summed E-state index contributed by atoms with van der Waals surface area (Å²) < 4.78 is 24.7. The third-order valence-electron chi connectivity index (χ3n) is 4.40. The number of carbonyl (C=O) groups excluding carboxylic acids is 1. The summed E-state index contributed by atoms with van der Waals surface area (Å²) in [5.74, 6) is 0.280. The largest absolute Gasteiger partial charge is 0.299 e. The number of Topliss-reactive ketones (excluding diaryl/α,β-unsaturated/α-hetero) is 1. The van der Waals surface area contributed by atoms with E-state index in [0.717, 1.165) is 12.8 Å². The third kappa shape index (κ3) is 1.62. The third-order valence-corrected chi connectivity index (χ3v) is 6.54. The zero-order valence-corrected chi connectivity index (χ0v) is 10.9. The zero-order valence-electron chi connectivity index (χ0n) is 10.1. The maximum atomic E-state index is 12.3. The molecule has 2 fully saturated rings. The van der Waals surface area contributed by atoms with Gasteiger partial charge in [0.2, 0.25) is 0 Å². The average molecular weight is 264 g/mol. The van der Waals surface area contributed by atoms with Gasteiger partial charge < -0.3 is 0 Å². The van der Waals surface area contributed by atoms with Crippen LogP contribution in [0, 0.1) is 5.41 Å². The fourth-order valence-corrected chi connectivity index (χ4v) is 5.26. The topological polar surface area (TPSA) is 51.2 Å². The lowest BCUT2D eigenvalue weighted by molar-refractivity contribution is -0.129. The molecule has 4 heteroatoms. The number of hydrogen-bond acceptors (Lipinski definition) is 3. The molecule has 1 aromatic carbocycles. The molecule has 2 aliphatic carbocycles. The number of ketones is 1. The van der Waals surface area contributed by atoms with Crippen LogP contribution in [0.2, 0.25) is 0 Å². The molecule has 96 valence electrons. The van der Waals surface area contributed by atoms with Crippen molar-refractivity contribution in [2.45, 2.75) is 42.2 Å². The van der Waals surface area contributed by atoms with E-state index in [1.54, 1.807) is 24.3 Å². The molecule has 0 atom stereocenters. The van der Waals surface area contributed by atoms with Crippen LogP contribution in [-0.2, 0) is 14.6 Å². The van der Waals surface area contributed by atoms with Crippen molar-refractivity contribution < 1.29 is 13.2 Å². The van der Waals surface area contributed by atoms with E-state index < -0.39 is 9.84 Å². The first-order valence-electron chi connectivity index (χ1n) is 6.37. The van der Waals surface area contributed by atoms with E-state index in [1.165, 1.54) is 0 Å². The van der Waals surface area contributed by atoms with E-state index in [4.69, 9.17) is 0 Å². The van der Waals surface area contributed by atoms with Crippen LogP contribution in [0.15, 0.2) is 35.2 Å². The molecule has 1 aromatic rings. The highest BCUT2D eigenvalue weighted by Gasteiger charge is 2.55. The first-order chi connectivity index (χ1) is 8.55. The van der Waals surface area contributed by atoms with Gasteiger partial charge in [-0.25, -0.2) is 8.42 Å². The van der Waals surface area contributed by atoms with Crippen molar-refractivity contribution in [3.05, 3.63) is 30.3 Å². The highest BCUT2D eigenvalue weighted by Crippen LogP contribution is 2.53. The van der Waals surface area contributed by atoms with Crippen LogP contribution in [0.3, 0.4) is 0 Å². The van der Waals surface area contributed by atoms with Gasteiger partial charge in [-0.2, -0.15) is 0 Å². The van der Waals surface area contributed by atoms with Crippen LogP contribution >= 0.6 is 0 Å². The smallest absolute Gasteiger partial charge is 0.181 e. The van der Waals surface area contributed by atoms with Crippen molar-refractivity contribution >= 4 is 15.6 Å². The Morgan fingerprint density at radius 2 is 1.78 bits per heavy atom. The number of rotatable bonds is 2. The van der Waals surface area contributed by atoms with Crippen molar-refractivity contribution in [3.8, 4) is 0 Å². The first-order valence-corrected chi connectivity index (χ1v) is 7.91. The standard InChI is InChI=1S/C14H16O3S/c15-13-7-4-8-14(13)9-12(10-14)18(16,17)11-5-2-1-3-6-11/h1-3,5-6,12H,4,7-10H2. The maximum Gasteiger partial charge on any atom is 0.181 e. The SMILES string of the molecule is O=C1CCCC12CC(S(=O)(=O)c1ccccc1)C2. The molecule has 2 aliphatic rings. The van der Waals surface area contributed by atoms with Crippen molar-refractivity contribution in [2.75, 3.05) is 0 Å². The van der Waals surface area contributed by atoms with Gasteiger partial charge in [0.15, 0.2) is 9.84 Å². The summed E-state index contributed by atoms with van der Waals surface area (Å²) in [5.41, 5.74) is -0.285. The Morgan fingerprint density at radius 3 is 2.33 bits per heavy atom. The van der Waals surface area contributed by atoms with Crippen LogP contribution in [-0.4, -0.2) is 19.5 Å². The molecule has 0 N–H and O–H groups in total. The Morgan fingerprint density at radius 1 is 1.11 bits per heavy atom. The summed E-state index contributed by atoms with van der Waals surface area (Å²) in [6, 6.07) is 8.56. The van der Waals surface area contributed by atoms with Gasteiger partial charge in [-0.05, 0) is 37.8 Å². The second-order valence-corrected chi connectivity index (χ2v) is 7.67. The van der Waals surface area contributed by atoms with Crippen LogP contribution in [0.4, 0.5) is 0 Å². The normalized spacial score (nSPS) is 31.6. The Bertz CT molecular complexity index is 568. The van der Waals surface area contributed by atoms with Crippen molar-refractivity contribution in [2.24, 2.45) is 5.41 Å². The lowest BCUT2D eigenvalue weighted by Crippen LogP contribution is -2.47. The molecule has 0 radical (unpaired) electrons. The second-order valence-electron chi connectivity index (χ2n) is 5.45. The molecule has 3 rings (SSSR count). The van der Waals surface area contributed by atoms with E-state index in [1.807, 2.05) is 6.07 Å². The van der Waals surface area contributed by atoms with Gasteiger partial charge in [-0.3, -0.25) is 4.79 Å². The van der Waals surface area contributed by atoms with Crippen LogP contribution < -0.4 is 0 Å². The summed E-state index contributed by atoms with van der Waals surface area (Å²) >= 11 is 0. The Hall–Kier alpha value is -1.16. The van der Waals surface area contributed by atoms with E-state index in [2.05, 4.69) is 0 Å². The van der Waals surface area contributed by atoms with Crippen LogP contribution in [0.1, 0.15) is 32.1 Å². The molecule has 0 aliphatic heterocycles. The second kappa shape index (κ2) is 3.92. The van der Waals surface area contributed by atoms with Gasteiger partial charge >= 0.3 is 0 Å². The monoisotopic (exact) mass is 264 g/mol. The summed E-state index contributed by atoms with van der Waals surface area (Å²) in [4.78, 5) is 12.2. The molecule has 1 spiro atoms. The van der Waals surface area contributed by atoms with Gasteiger partial charge in [0.05, 0.1) is 10.1 Å². The van der Waals surface area contributed by atoms with E-state index in [-0.39, 0.29) is 16.4 Å². The first kappa shape index (κ1) is 11.9. The molecule has 2 saturated carbocycles. The number of hydrogen-bond donors (Lipinski definition) is 0. The van der Waals surface area contributed by atoms with Crippen LogP contribution in [0.5, 0.6) is 0 Å². The van der Waals surface area contributed by atoms with E-state index >= 15 is 0 Å². The number of sulfone groups is 1. The van der Waals surface area contributed by atoms with E-state index in [9.17, 15) is 13.2 Å². The quantitative estimate of drug-likeness (QED) is 0.824. The van der Waals surface area contributed by atoms with Gasteiger partial charge in [-0.15, -0.1) is 0 Å². The molecule has 0 unspecified atom stereocenters. The average Bonchev–Trinajstić information content (AvgIpc) is 2.70. The summed E-state index contributed by atoms with van der Waals surface area (Å²) in [6.45, 7) is 0. The molecule has 0 bridgehead atoms. The van der Waals surface area contributed by atoms with E-state index in [0.29, 0.717) is 24.2 Å². The molecule has 0 aromatic heterocycles. The predicted octanol–water partition coefficient (Wildman–Crippen LogP) is 2.36. The highest BCUT2D eigenvalue weighted by molar-refractivity contribution is 7.92. The molecule has 0 heterocycles. The van der Waals surface area contributed by atoms with Gasteiger partial charge in [0.25, 0.3) is 0 Å². The maximum absolute atomic E-state index is 12.3. The fraction of sp³-hybridized carbons (Fsp3) is 0.500. The Labute approximate surface area is 107 Å². The lowest BCUT2D eigenvalue weighted by Gasteiger charge is -2.43. The summed E-state index contributed by atoms with van der Waals surface area (Å²) in [7, 11) is -3.24.